The van der Waals surface area contributed by atoms with Gasteiger partial charge in [-0.15, -0.1) is 0 Å². The number of ether oxygens (including phenoxy) is 2. The number of anilines is 1. The lowest BCUT2D eigenvalue weighted by molar-refractivity contribution is -0.143. The number of esters is 2. The van der Waals surface area contributed by atoms with Crippen molar-refractivity contribution in [3.8, 4) is 5.69 Å². The molecule has 28 heavy (non-hydrogen) atoms. The van der Waals surface area contributed by atoms with Gasteiger partial charge in [-0.25, -0.2) is 14.3 Å². The lowest BCUT2D eigenvalue weighted by Crippen LogP contribution is -2.25. The van der Waals surface area contributed by atoms with Crippen LogP contribution in [0.4, 0.5) is 5.69 Å². The molecule has 1 aromatic heterocycles. The van der Waals surface area contributed by atoms with Gasteiger partial charge in [-0.1, -0.05) is 18.2 Å². The van der Waals surface area contributed by atoms with Gasteiger partial charge in [-0.05, 0) is 26.0 Å². The molecule has 0 saturated carbocycles. The van der Waals surface area contributed by atoms with Gasteiger partial charge in [-0.2, -0.15) is 0 Å². The van der Waals surface area contributed by atoms with Gasteiger partial charge >= 0.3 is 11.9 Å². The molecule has 1 amide bonds. The molecular formula is C19H21N3O6. The molecule has 2 aromatic rings. The van der Waals surface area contributed by atoms with E-state index in [0.717, 1.165) is 12.2 Å². The Morgan fingerprint density at radius 3 is 2.29 bits per heavy atom. The predicted octanol–water partition coefficient (Wildman–Crippen LogP) is 1.09. The molecule has 9 heteroatoms. The van der Waals surface area contributed by atoms with Crippen molar-refractivity contribution in [1.82, 2.24) is 9.36 Å². The minimum Gasteiger partial charge on any atom is -0.463 e. The van der Waals surface area contributed by atoms with Gasteiger partial charge in [0, 0.05) is 19.2 Å². The van der Waals surface area contributed by atoms with Crippen molar-refractivity contribution in [2.24, 2.45) is 7.05 Å². The maximum Gasteiger partial charge on any atom is 0.331 e. The summed E-state index contributed by atoms with van der Waals surface area (Å²) in [6, 6.07) is 8.96. The molecular weight excluding hydrogens is 366 g/mol. The number of para-hydroxylation sites is 1. The van der Waals surface area contributed by atoms with Gasteiger partial charge in [0.05, 0.1) is 18.0 Å². The number of nitrogens with zero attached hydrogens (tertiary/aromatic N) is 2. The summed E-state index contributed by atoms with van der Waals surface area (Å²) in [5.74, 6) is -2.25. The summed E-state index contributed by atoms with van der Waals surface area (Å²) in [5.41, 5.74) is 0.868. The zero-order chi connectivity index (χ0) is 20.7. The van der Waals surface area contributed by atoms with Crippen molar-refractivity contribution in [2.75, 3.05) is 18.5 Å². The van der Waals surface area contributed by atoms with E-state index in [0.29, 0.717) is 11.4 Å². The van der Waals surface area contributed by atoms with Crippen molar-refractivity contribution < 1.29 is 23.9 Å². The Morgan fingerprint density at radius 2 is 1.68 bits per heavy atom. The molecule has 0 bridgehead atoms. The Labute approximate surface area is 161 Å². The zero-order valence-electron chi connectivity index (χ0n) is 15.8. The third-order valence-corrected chi connectivity index (χ3v) is 3.81. The van der Waals surface area contributed by atoms with E-state index in [1.54, 1.807) is 49.8 Å². The molecule has 0 radical (unpaired) electrons. The normalized spacial score (nSPS) is 10.7. The molecule has 1 N–H and O–H groups in total. The van der Waals surface area contributed by atoms with Gasteiger partial charge in [0.1, 0.15) is 5.69 Å². The molecule has 0 aliphatic carbocycles. The highest BCUT2D eigenvalue weighted by Crippen LogP contribution is 2.13. The van der Waals surface area contributed by atoms with E-state index >= 15 is 0 Å². The van der Waals surface area contributed by atoms with Crippen molar-refractivity contribution in [3.05, 3.63) is 58.5 Å². The first-order chi connectivity index (χ1) is 13.3. The molecule has 0 spiro atoms. The molecule has 0 fully saturated rings. The molecule has 148 valence electrons. The van der Waals surface area contributed by atoms with Crippen molar-refractivity contribution >= 4 is 23.5 Å². The van der Waals surface area contributed by atoms with E-state index in [-0.39, 0.29) is 12.3 Å². The second kappa shape index (κ2) is 9.36. The van der Waals surface area contributed by atoms with E-state index in [9.17, 15) is 19.2 Å². The Morgan fingerprint density at radius 1 is 1.07 bits per heavy atom. The molecule has 9 nitrogen and oxygen atoms in total. The molecule has 0 aliphatic heterocycles. The van der Waals surface area contributed by atoms with Crippen LogP contribution < -0.4 is 10.9 Å². The van der Waals surface area contributed by atoms with Crippen LogP contribution >= 0.6 is 0 Å². The highest BCUT2D eigenvalue weighted by atomic mass is 16.5. The van der Waals surface area contributed by atoms with Crippen molar-refractivity contribution in [1.29, 1.82) is 0 Å². The monoisotopic (exact) mass is 387 g/mol. The fraction of sp³-hybridized carbons (Fsp3) is 0.263. The summed E-state index contributed by atoms with van der Waals surface area (Å²) in [7, 11) is 1.69. The second-order valence-corrected chi connectivity index (χ2v) is 5.68. The van der Waals surface area contributed by atoms with Gasteiger partial charge in [0.2, 0.25) is 0 Å². The van der Waals surface area contributed by atoms with E-state index in [1.807, 2.05) is 6.07 Å². The van der Waals surface area contributed by atoms with Gasteiger partial charge in [0.15, 0.2) is 6.61 Å². The summed E-state index contributed by atoms with van der Waals surface area (Å²) in [6.45, 7) is 2.89. The highest BCUT2D eigenvalue weighted by molar-refractivity contribution is 5.95. The van der Waals surface area contributed by atoms with Crippen LogP contribution in [0.25, 0.3) is 5.69 Å². The predicted molar refractivity (Wildman–Crippen MR) is 101 cm³/mol. The van der Waals surface area contributed by atoms with Gasteiger partial charge in [-0.3, -0.25) is 14.3 Å². The van der Waals surface area contributed by atoms with Crippen LogP contribution in [0.5, 0.6) is 0 Å². The summed E-state index contributed by atoms with van der Waals surface area (Å²) < 4.78 is 12.4. The SMILES string of the molecule is CCOC(=O)/C=C/C(=O)OCC(=O)Nc1c(C)n(C)n(-c2ccccc2)c1=O. The number of carbonyl (C=O) groups excluding carboxylic acids is 3. The lowest BCUT2D eigenvalue weighted by atomic mass is 10.3. The molecule has 0 saturated heterocycles. The molecule has 2 rings (SSSR count). The maximum absolute atomic E-state index is 12.7. The van der Waals surface area contributed by atoms with Crippen molar-refractivity contribution in [2.45, 2.75) is 13.8 Å². The number of hydrogen-bond donors (Lipinski definition) is 1. The summed E-state index contributed by atoms with van der Waals surface area (Å²) in [6.07, 6.45) is 1.77. The number of hydrogen-bond acceptors (Lipinski definition) is 6. The first-order valence-corrected chi connectivity index (χ1v) is 8.50. The van der Waals surface area contributed by atoms with Crippen LogP contribution in [-0.2, 0) is 30.9 Å². The number of carbonyl (C=O) groups is 3. The Balaban J connectivity index is 2.04. The Bertz CT molecular complexity index is 956. The number of benzene rings is 1. The van der Waals surface area contributed by atoms with E-state index in [4.69, 9.17) is 4.74 Å². The molecule has 1 heterocycles. The molecule has 0 atom stereocenters. The highest BCUT2D eigenvalue weighted by Gasteiger charge is 2.18. The van der Waals surface area contributed by atoms with Gasteiger partial charge in [0.25, 0.3) is 11.5 Å². The Kier molecular flexibility index (Phi) is 6.91. The number of rotatable bonds is 7. The standard InChI is InChI=1S/C19H21N3O6/c1-4-27-16(24)10-11-17(25)28-12-15(23)20-18-13(2)21(3)22(19(18)26)14-8-6-5-7-9-14/h5-11H,4,12H2,1-3H3,(H,20,23)/b11-10+. The van der Waals surface area contributed by atoms with Crippen LogP contribution in [0.1, 0.15) is 12.6 Å². The average molecular weight is 387 g/mol. The van der Waals surface area contributed by atoms with E-state index in [1.165, 1.54) is 4.68 Å². The maximum atomic E-state index is 12.7. The minimum absolute atomic E-state index is 0.0921. The topological polar surface area (TPSA) is 109 Å². The van der Waals surface area contributed by atoms with Crippen molar-refractivity contribution in [3.63, 3.8) is 0 Å². The average Bonchev–Trinajstić information content (AvgIpc) is 2.89. The number of amides is 1. The molecule has 1 aromatic carbocycles. The molecule has 0 aliphatic rings. The van der Waals surface area contributed by atoms with Crippen LogP contribution in [0.15, 0.2) is 47.3 Å². The van der Waals surface area contributed by atoms with E-state index < -0.39 is 30.0 Å². The first kappa shape index (κ1) is 20.7. The number of aromatic nitrogens is 2. The summed E-state index contributed by atoms with van der Waals surface area (Å²) in [5, 5.41) is 2.46. The van der Waals surface area contributed by atoms with Crippen LogP contribution in [-0.4, -0.2) is 40.4 Å². The zero-order valence-corrected chi connectivity index (χ0v) is 15.8. The minimum atomic E-state index is -0.880. The van der Waals surface area contributed by atoms with Gasteiger partial charge < -0.3 is 14.8 Å². The fourth-order valence-electron chi connectivity index (χ4n) is 2.40. The third-order valence-electron chi connectivity index (χ3n) is 3.81. The number of nitrogens with one attached hydrogen (secondary N) is 1. The first-order valence-electron chi connectivity index (χ1n) is 8.50. The van der Waals surface area contributed by atoms with Crippen LogP contribution in [0, 0.1) is 6.92 Å². The smallest absolute Gasteiger partial charge is 0.331 e. The van der Waals surface area contributed by atoms with E-state index in [2.05, 4.69) is 10.1 Å². The fourth-order valence-corrected chi connectivity index (χ4v) is 2.40. The van der Waals surface area contributed by atoms with Crippen LogP contribution in [0.2, 0.25) is 0 Å². The summed E-state index contributed by atoms with van der Waals surface area (Å²) in [4.78, 5) is 47.4. The largest absolute Gasteiger partial charge is 0.463 e. The quantitative estimate of drug-likeness (QED) is 0.563. The lowest BCUT2D eigenvalue weighted by Gasteiger charge is -2.07. The molecule has 0 unspecified atom stereocenters. The second-order valence-electron chi connectivity index (χ2n) is 5.68. The third kappa shape index (κ3) is 4.97. The van der Waals surface area contributed by atoms with Crippen LogP contribution in [0.3, 0.4) is 0 Å². The summed E-state index contributed by atoms with van der Waals surface area (Å²) >= 11 is 0. The Hall–Kier alpha value is -3.62.